The number of benzene rings is 3. The minimum atomic E-state index is -0.421. The standard InChI is InChI=1S/C29H37N3O/c1-27(2,3)19-28(4,5)21-17-22(29(6,7)20-13-9-8-10-14-20)26(33)25(18-21)32-31-24-16-12-11-15-23(24)30/h8-18,33H,19,30H2,1-7H3/b32-31+. The zero-order valence-electron chi connectivity index (χ0n) is 21.0. The van der Waals surface area contributed by atoms with Gasteiger partial charge in [0, 0.05) is 11.0 Å². The topological polar surface area (TPSA) is 71.0 Å². The Morgan fingerprint density at radius 3 is 1.91 bits per heavy atom. The van der Waals surface area contributed by atoms with E-state index in [0.29, 0.717) is 17.1 Å². The van der Waals surface area contributed by atoms with Crippen LogP contribution < -0.4 is 5.73 Å². The largest absolute Gasteiger partial charge is 0.505 e. The van der Waals surface area contributed by atoms with Crippen molar-refractivity contribution in [2.75, 3.05) is 5.73 Å². The summed E-state index contributed by atoms with van der Waals surface area (Å²) in [4.78, 5) is 0. The molecule has 3 aromatic rings. The molecule has 0 fully saturated rings. The first-order valence-corrected chi connectivity index (χ1v) is 11.5. The molecule has 3 aromatic carbocycles. The second-order valence-corrected chi connectivity index (χ2v) is 11.3. The molecule has 0 amide bonds. The first-order valence-electron chi connectivity index (χ1n) is 11.5. The van der Waals surface area contributed by atoms with E-state index >= 15 is 0 Å². The number of nitrogens with zero attached hydrogens (tertiary/aromatic N) is 2. The smallest absolute Gasteiger partial charge is 0.147 e. The van der Waals surface area contributed by atoms with E-state index in [9.17, 15) is 5.11 Å². The number of nitrogens with two attached hydrogens (primary N) is 1. The first-order chi connectivity index (χ1) is 15.3. The molecule has 0 aliphatic carbocycles. The average molecular weight is 444 g/mol. The SMILES string of the molecule is CC(C)(C)CC(C)(C)c1cc(/N=N/c2ccccc2N)c(O)c(C(C)(C)c2ccccc2)c1. The van der Waals surface area contributed by atoms with E-state index in [2.05, 4.69) is 76.9 Å². The number of anilines is 1. The molecule has 4 nitrogen and oxygen atoms in total. The summed E-state index contributed by atoms with van der Waals surface area (Å²) in [5.41, 5.74) is 10.3. The fraction of sp³-hybridized carbons (Fsp3) is 0.379. The Balaban J connectivity index is 2.20. The Morgan fingerprint density at radius 1 is 0.727 bits per heavy atom. The maximum absolute atomic E-state index is 11.4. The van der Waals surface area contributed by atoms with E-state index in [-0.39, 0.29) is 16.6 Å². The fourth-order valence-corrected chi connectivity index (χ4v) is 4.69. The van der Waals surface area contributed by atoms with Gasteiger partial charge >= 0.3 is 0 Å². The lowest BCUT2D eigenvalue weighted by atomic mass is 9.70. The summed E-state index contributed by atoms with van der Waals surface area (Å²) in [5, 5.41) is 20.2. The molecule has 0 aliphatic rings. The number of phenols is 1. The predicted octanol–water partition coefficient (Wildman–Crippen LogP) is 8.43. The van der Waals surface area contributed by atoms with Gasteiger partial charge in [0.05, 0.1) is 5.69 Å². The van der Waals surface area contributed by atoms with Crippen LogP contribution >= 0.6 is 0 Å². The summed E-state index contributed by atoms with van der Waals surface area (Å²) in [6, 6.07) is 21.7. The Morgan fingerprint density at radius 2 is 1.30 bits per heavy atom. The molecule has 0 saturated heterocycles. The first kappa shape index (κ1) is 24.5. The minimum Gasteiger partial charge on any atom is -0.505 e. The van der Waals surface area contributed by atoms with Crippen LogP contribution in [0, 0.1) is 5.41 Å². The van der Waals surface area contributed by atoms with E-state index in [0.717, 1.165) is 23.1 Å². The molecule has 0 unspecified atom stereocenters. The fourth-order valence-electron chi connectivity index (χ4n) is 4.69. The molecule has 0 spiro atoms. The second-order valence-electron chi connectivity index (χ2n) is 11.3. The third-order valence-electron chi connectivity index (χ3n) is 6.21. The van der Waals surface area contributed by atoms with Crippen molar-refractivity contribution in [3.8, 4) is 5.75 Å². The molecule has 0 bridgehead atoms. The van der Waals surface area contributed by atoms with Crippen molar-refractivity contribution in [2.24, 2.45) is 15.6 Å². The van der Waals surface area contributed by atoms with E-state index < -0.39 is 5.41 Å². The van der Waals surface area contributed by atoms with Crippen LogP contribution in [0.5, 0.6) is 5.75 Å². The Hall–Kier alpha value is -3.14. The molecule has 0 saturated carbocycles. The zero-order valence-corrected chi connectivity index (χ0v) is 21.0. The maximum atomic E-state index is 11.4. The number of aromatic hydroxyl groups is 1. The molecule has 174 valence electrons. The Bertz CT molecular complexity index is 1140. The highest BCUT2D eigenvalue weighted by molar-refractivity contribution is 5.64. The van der Waals surface area contributed by atoms with Gasteiger partial charge in [0.1, 0.15) is 17.1 Å². The minimum absolute atomic E-state index is 0.122. The number of para-hydroxylation sites is 1. The third-order valence-corrected chi connectivity index (χ3v) is 6.21. The molecule has 0 atom stereocenters. The van der Waals surface area contributed by atoms with Crippen molar-refractivity contribution >= 4 is 17.1 Å². The summed E-state index contributed by atoms with van der Waals surface area (Å²) < 4.78 is 0. The van der Waals surface area contributed by atoms with Gasteiger partial charge in [0.25, 0.3) is 0 Å². The molecule has 33 heavy (non-hydrogen) atoms. The highest BCUT2D eigenvalue weighted by Gasteiger charge is 2.33. The number of azo groups is 1. The number of nitrogen functional groups attached to an aromatic ring is 1. The van der Waals surface area contributed by atoms with Crippen LogP contribution in [0.2, 0.25) is 0 Å². The Kier molecular flexibility index (Phi) is 6.69. The van der Waals surface area contributed by atoms with Gasteiger partial charge < -0.3 is 10.8 Å². The van der Waals surface area contributed by atoms with Gasteiger partial charge in [-0.05, 0) is 46.6 Å². The van der Waals surface area contributed by atoms with Crippen molar-refractivity contribution in [3.63, 3.8) is 0 Å². The van der Waals surface area contributed by atoms with Gasteiger partial charge in [0.2, 0.25) is 0 Å². The summed E-state index contributed by atoms with van der Waals surface area (Å²) in [6.07, 6.45) is 0.984. The zero-order chi connectivity index (χ0) is 24.4. The lowest BCUT2D eigenvalue weighted by Gasteiger charge is -2.35. The van der Waals surface area contributed by atoms with Crippen LogP contribution in [-0.2, 0) is 10.8 Å². The van der Waals surface area contributed by atoms with Crippen LogP contribution in [-0.4, -0.2) is 5.11 Å². The normalized spacial score (nSPS) is 12.9. The lowest BCUT2D eigenvalue weighted by Crippen LogP contribution is -2.26. The second kappa shape index (κ2) is 9.01. The number of phenolic OH excluding ortho intramolecular Hbond substituents is 1. The number of hydrogen-bond acceptors (Lipinski definition) is 4. The van der Waals surface area contributed by atoms with Crippen molar-refractivity contribution in [1.82, 2.24) is 0 Å². The highest BCUT2D eigenvalue weighted by atomic mass is 16.3. The van der Waals surface area contributed by atoms with Gasteiger partial charge in [-0.3, -0.25) is 0 Å². The van der Waals surface area contributed by atoms with E-state index in [1.54, 1.807) is 6.07 Å². The summed E-state index contributed by atoms with van der Waals surface area (Å²) >= 11 is 0. The molecule has 3 N–H and O–H groups in total. The van der Waals surface area contributed by atoms with Gasteiger partial charge in [-0.25, -0.2) is 0 Å². The molecule has 0 aliphatic heterocycles. The van der Waals surface area contributed by atoms with Crippen molar-refractivity contribution in [3.05, 3.63) is 83.4 Å². The number of rotatable bonds is 6. The van der Waals surface area contributed by atoms with Crippen LogP contribution in [0.25, 0.3) is 0 Å². The van der Waals surface area contributed by atoms with Gasteiger partial charge in [-0.2, -0.15) is 0 Å². The van der Waals surface area contributed by atoms with Crippen molar-refractivity contribution in [2.45, 2.75) is 65.7 Å². The molecule has 0 aromatic heterocycles. The summed E-state index contributed by atoms with van der Waals surface area (Å²) in [7, 11) is 0. The van der Waals surface area contributed by atoms with Crippen LogP contribution in [0.1, 0.15) is 71.6 Å². The quantitative estimate of drug-likeness (QED) is 0.296. The summed E-state index contributed by atoms with van der Waals surface area (Å²) in [5.74, 6) is 0.150. The summed E-state index contributed by atoms with van der Waals surface area (Å²) in [6.45, 7) is 15.5. The van der Waals surface area contributed by atoms with Gasteiger partial charge in [0.15, 0.2) is 0 Å². The van der Waals surface area contributed by atoms with E-state index in [1.165, 1.54) is 0 Å². The number of hydrogen-bond donors (Lipinski definition) is 2. The Labute approximate surface area is 198 Å². The molecule has 0 heterocycles. The maximum Gasteiger partial charge on any atom is 0.147 e. The highest BCUT2D eigenvalue weighted by Crippen LogP contribution is 2.46. The molecule has 4 heteroatoms. The molecule has 3 rings (SSSR count). The van der Waals surface area contributed by atoms with E-state index in [1.807, 2.05) is 42.5 Å². The van der Waals surface area contributed by atoms with Crippen LogP contribution in [0.3, 0.4) is 0 Å². The third kappa shape index (κ3) is 5.62. The predicted molar refractivity (Wildman–Crippen MR) is 139 cm³/mol. The molecular formula is C29H37N3O. The van der Waals surface area contributed by atoms with Gasteiger partial charge in [-0.15, -0.1) is 10.2 Å². The lowest BCUT2D eigenvalue weighted by molar-refractivity contribution is 0.283. The van der Waals surface area contributed by atoms with Crippen LogP contribution in [0.15, 0.2) is 77.0 Å². The average Bonchev–Trinajstić information content (AvgIpc) is 2.72. The van der Waals surface area contributed by atoms with Crippen molar-refractivity contribution in [1.29, 1.82) is 0 Å². The molecular weight excluding hydrogens is 406 g/mol. The van der Waals surface area contributed by atoms with Crippen molar-refractivity contribution < 1.29 is 5.11 Å². The van der Waals surface area contributed by atoms with Crippen LogP contribution in [0.4, 0.5) is 17.1 Å². The van der Waals surface area contributed by atoms with Gasteiger partial charge in [-0.1, -0.05) is 97.0 Å². The van der Waals surface area contributed by atoms with E-state index in [4.69, 9.17) is 5.73 Å². The molecule has 0 radical (unpaired) electrons. The monoisotopic (exact) mass is 443 g/mol.